The van der Waals surface area contributed by atoms with Crippen molar-refractivity contribution >= 4 is 29.4 Å². The Morgan fingerprint density at radius 2 is 2.17 bits per heavy atom. The number of benzene rings is 1. The van der Waals surface area contributed by atoms with Crippen LogP contribution >= 0.6 is 11.3 Å². The average Bonchev–Trinajstić information content (AvgIpc) is 3.06. The predicted molar refractivity (Wildman–Crippen MR) is 94.3 cm³/mol. The van der Waals surface area contributed by atoms with Crippen LogP contribution in [0, 0.1) is 6.92 Å². The Balaban J connectivity index is 1.73. The Labute approximate surface area is 144 Å². The standard InChI is InChI=1S/C17H19N3O3S/c1-12-5-3-6-14(9-12)23-11-16(21)19-13(2)17(22)20-18-10-15-7-4-8-24-15/h3-10,13H,11H2,1-2H3,(H,19,21)(H,20,22)/b18-10-/t13-/m0/s1. The van der Waals surface area contributed by atoms with Crippen molar-refractivity contribution in [1.29, 1.82) is 0 Å². The number of hydrogen-bond acceptors (Lipinski definition) is 5. The molecule has 0 saturated carbocycles. The zero-order chi connectivity index (χ0) is 17.4. The second-order valence-corrected chi connectivity index (χ2v) is 6.12. The largest absolute Gasteiger partial charge is 0.484 e. The molecule has 2 amide bonds. The lowest BCUT2D eigenvalue weighted by Crippen LogP contribution is -2.45. The molecule has 1 aromatic heterocycles. The summed E-state index contributed by atoms with van der Waals surface area (Å²) in [5, 5.41) is 8.33. The summed E-state index contributed by atoms with van der Waals surface area (Å²) >= 11 is 1.51. The number of thiophene rings is 1. The molecule has 2 rings (SSSR count). The van der Waals surface area contributed by atoms with E-state index in [1.807, 2.05) is 42.6 Å². The highest BCUT2D eigenvalue weighted by molar-refractivity contribution is 7.11. The first-order chi connectivity index (χ1) is 11.5. The van der Waals surface area contributed by atoms with Gasteiger partial charge in [0.15, 0.2) is 6.61 Å². The SMILES string of the molecule is Cc1cccc(OCC(=O)N[C@@H](C)C(=O)N/N=C\c2cccs2)c1. The van der Waals surface area contributed by atoms with Crippen LogP contribution in [0.15, 0.2) is 46.9 Å². The normalized spacial score (nSPS) is 11.9. The first-order valence-electron chi connectivity index (χ1n) is 7.40. The smallest absolute Gasteiger partial charge is 0.262 e. The maximum absolute atomic E-state index is 11.8. The number of carbonyl (C=O) groups excluding carboxylic acids is 2. The van der Waals surface area contributed by atoms with Gasteiger partial charge in [-0.2, -0.15) is 5.10 Å². The molecule has 0 aliphatic rings. The molecule has 0 spiro atoms. The van der Waals surface area contributed by atoms with Crippen LogP contribution in [0.3, 0.4) is 0 Å². The zero-order valence-electron chi connectivity index (χ0n) is 13.5. The van der Waals surface area contributed by atoms with Crippen LogP contribution < -0.4 is 15.5 Å². The topological polar surface area (TPSA) is 79.8 Å². The molecule has 0 aliphatic carbocycles. The summed E-state index contributed by atoms with van der Waals surface area (Å²) in [6.45, 7) is 3.37. The molecular weight excluding hydrogens is 326 g/mol. The summed E-state index contributed by atoms with van der Waals surface area (Å²) in [4.78, 5) is 24.6. The minimum absolute atomic E-state index is 0.153. The van der Waals surface area contributed by atoms with Crippen molar-refractivity contribution in [2.75, 3.05) is 6.61 Å². The van der Waals surface area contributed by atoms with Crippen molar-refractivity contribution in [3.05, 3.63) is 52.2 Å². The Morgan fingerprint density at radius 3 is 2.88 bits per heavy atom. The van der Waals surface area contributed by atoms with Gasteiger partial charge in [-0.25, -0.2) is 5.43 Å². The van der Waals surface area contributed by atoms with E-state index in [2.05, 4.69) is 15.8 Å². The van der Waals surface area contributed by atoms with Gasteiger partial charge in [0.2, 0.25) is 0 Å². The molecule has 7 heteroatoms. The van der Waals surface area contributed by atoms with Gasteiger partial charge in [-0.15, -0.1) is 11.3 Å². The minimum atomic E-state index is -0.709. The summed E-state index contributed by atoms with van der Waals surface area (Å²) < 4.78 is 5.39. The van der Waals surface area contributed by atoms with Crippen LogP contribution in [-0.4, -0.2) is 30.7 Å². The first-order valence-corrected chi connectivity index (χ1v) is 8.28. The molecule has 126 valence electrons. The van der Waals surface area contributed by atoms with Crippen molar-refractivity contribution in [2.24, 2.45) is 5.10 Å². The third kappa shape index (κ3) is 5.85. The number of nitrogens with one attached hydrogen (secondary N) is 2. The molecule has 0 bridgehead atoms. The van der Waals surface area contributed by atoms with E-state index in [9.17, 15) is 9.59 Å². The lowest BCUT2D eigenvalue weighted by molar-refractivity contribution is -0.129. The van der Waals surface area contributed by atoms with Crippen LogP contribution in [0.5, 0.6) is 5.75 Å². The number of rotatable bonds is 7. The predicted octanol–water partition coefficient (Wildman–Crippen LogP) is 2.09. The Hall–Kier alpha value is -2.67. The zero-order valence-corrected chi connectivity index (χ0v) is 14.3. The summed E-state index contributed by atoms with van der Waals surface area (Å²) in [6, 6.07) is 10.5. The van der Waals surface area contributed by atoms with E-state index in [0.717, 1.165) is 10.4 Å². The quantitative estimate of drug-likeness (QED) is 0.596. The molecule has 24 heavy (non-hydrogen) atoms. The first kappa shape index (κ1) is 17.7. The van der Waals surface area contributed by atoms with E-state index in [1.165, 1.54) is 11.3 Å². The molecule has 0 fully saturated rings. The fourth-order valence-corrected chi connectivity index (χ4v) is 2.41. The number of carbonyl (C=O) groups is 2. The van der Waals surface area contributed by atoms with E-state index in [0.29, 0.717) is 5.75 Å². The van der Waals surface area contributed by atoms with Gasteiger partial charge in [-0.05, 0) is 43.0 Å². The molecule has 1 heterocycles. The van der Waals surface area contributed by atoms with Gasteiger partial charge >= 0.3 is 0 Å². The van der Waals surface area contributed by atoms with Gasteiger partial charge < -0.3 is 10.1 Å². The van der Waals surface area contributed by atoms with Crippen LogP contribution in [-0.2, 0) is 9.59 Å². The molecule has 0 saturated heterocycles. The lowest BCUT2D eigenvalue weighted by Gasteiger charge is -2.12. The van der Waals surface area contributed by atoms with E-state index < -0.39 is 11.9 Å². The van der Waals surface area contributed by atoms with Crippen LogP contribution in [0.1, 0.15) is 17.4 Å². The molecule has 2 aromatic rings. The highest BCUT2D eigenvalue weighted by Crippen LogP contribution is 2.11. The Morgan fingerprint density at radius 1 is 1.33 bits per heavy atom. The van der Waals surface area contributed by atoms with Gasteiger partial charge in [0, 0.05) is 4.88 Å². The number of amides is 2. The van der Waals surface area contributed by atoms with Gasteiger partial charge in [-0.1, -0.05) is 18.2 Å². The highest BCUT2D eigenvalue weighted by atomic mass is 32.1. The number of hydrogen-bond donors (Lipinski definition) is 2. The van der Waals surface area contributed by atoms with Gasteiger partial charge in [0.25, 0.3) is 11.8 Å². The fourth-order valence-electron chi connectivity index (χ4n) is 1.82. The van der Waals surface area contributed by atoms with E-state index in [1.54, 1.807) is 19.2 Å². The van der Waals surface area contributed by atoms with E-state index in [-0.39, 0.29) is 12.5 Å². The lowest BCUT2D eigenvalue weighted by atomic mass is 10.2. The number of ether oxygens (including phenoxy) is 1. The number of aryl methyl sites for hydroxylation is 1. The van der Waals surface area contributed by atoms with Crippen LogP contribution in [0.25, 0.3) is 0 Å². The van der Waals surface area contributed by atoms with E-state index >= 15 is 0 Å². The maximum atomic E-state index is 11.8. The second kappa shape index (κ2) is 8.83. The second-order valence-electron chi connectivity index (χ2n) is 5.14. The maximum Gasteiger partial charge on any atom is 0.262 e. The fraction of sp³-hybridized carbons (Fsp3) is 0.235. The average molecular weight is 345 g/mol. The summed E-state index contributed by atoms with van der Waals surface area (Å²) in [7, 11) is 0. The van der Waals surface area contributed by atoms with Crippen molar-refractivity contribution in [3.8, 4) is 5.75 Å². The molecule has 0 radical (unpaired) electrons. The van der Waals surface area contributed by atoms with Crippen molar-refractivity contribution in [2.45, 2.75) is 19.9 Å². The Kier molecular flexibility index (Phi) is 6.51. The summed E-state index contributed by atoms with van der Waals surface area (Å²) in [5.74, 6) is -0.157. The molecule has 1 atom stereocenters. The van der Waals surface area contributed by atoms with Gasteiger partial charge in [0.05, 0.1) is 6.21 Å². The van der Waals surface area contributed by atoms with Crippen LogP contribution in [0.4, 0.5) is 0 Å². The molecule has 6 nitrogen and oxygen atoms in total. The molecular formula is C17H19N3O3S. The van der Waals surface area contributed by atoms with E-state index in [4.69, 9.17) is 4.74 Å². The van der Waals surface area contributed by atoms with Crippen LogP contribution in [0.2, 0.25) is 0 Å². The third-order valence-corrected chi connectivity index (χ3v) is 3.85. The summed E-state index contributed by atoms with van der Waals surface area (Å²) in [5.41, 5.74) is 3.43. The van der Waals surface area contributed by atoms with Crippen molar-refractivity contribution in [3.63, 3.8) is 0 Å². The monoisotopic (exact) mass is 345 g/mol. The van der Waals surface area contributed by atoms with Crippen molar-refractivity contribution < 1.29 is 14.3 Å². The Bertz CT molecular complexity index is 714. The molecule has 2 N–H and O–H groups in total. The molecule has 1 aromatic carbocycles. The molecule has 0 unspecified atom stereocenters. The van der Waals surface area contributed by atoms with Crippen molar-refractivity contribution in [1.82, 2.24) is 10.7 Å². The number of hydrazone groups is 1. The third-order valence-electron chi connectivity index (χ3n) is 3.04. The number of nitrogens with zero attached hydrogens (tertiary/aromatic N) is 1. The summed E-state index contributed by atoms with van der Waals surface area (Å²) in [6.07, 6.45) is 1.55. The minimum Gasteiger partial charge on any atom is -0.484 e. The van der Waals surface area contributed by atoms with Gasteiger partial charge in [-0.3, -0.25) is 9.59 Å². The van der Waals surface area contributed by atoms with Gasteiger partial charge in [0.1, 0.15) is 11.8 Å². The molecule has 0 aliphatic heterocycles. The highest BCUT2D eigenvalue weighted by Gasteiger charge is 2.15.